The first kappa shape index (κ1) is 30.0. The average molecular weight is 567 g/mol. The minimum Gasteiger partial charge on any atom is -0.388 e. The zero-order chi connectivity index (χ0) is 28.0. The predicted molar refractivity (Wildman–Crippen MR) is 152 cm³/mol. The summed E-state index contributed by atoms with van der Waals surface area (Å²) in [6.45, 7) is 1.12. The molecular formula is C32H35FO6S. The molecule has 0 unspecified atom stereocenters. The van der Waals surface area contributed by atoms with Crippen molar-refractivity contribution in [2.45, 2.75) is 50.8 Å². The summed E-state index contributed by atoms with van der Waals surface area (Å²) in [6, 6.07) is 29.2. The number of benzene rings is 3. The van der Waals surface area contributed by atoms with Crippen LogP contribution >= 0.6 is 11.3 Å². The van der Waals surface area contributed by atoms with Gasteiger partial charge in [0.05, 0.1) is 39.6 Å². The van der Waals surface area contributed by atoms with Crippen LogP contribution in [0.15, 0.2) is 102 Å². The van der Waals surface area contributed by atoms with Crippen LogP contribution in [-0.4, -0.2) is 47.8 Å². The molecule has 0 saturated carbocycles. The zero-order valence-electron chi connectivity index (χ0n) is 22.2. The van der Waals surface area contributed by atoms with E-state index in [0.717, 1.165) is 21.6 Å². The van der Waals surface area contributed by atoms with E-state index in [2.05, 4.69) is 0 Å². The van der Waals surface area contributed by atoms with E-state index in [1.807, 2.05) is 78.2 Å². The number of aliphatic hydroxyl groups excluding tert-OH is 2. The molecule has 0 spiro atoms. The van der Waals surface area contributed by atoms with E-state index in [9.17, 15) is 14.6 Å². The predicted octanol–water partition coefficient (Wildman–Crippen LogP) is 5.51. The molecule has 0 bridgehead atoms. The molecule has 0 radical (unpaired) electrons. The van der Waals surface area contributed by atoms with Gasteiger partial charge in [-0.2, -0.15) is 0 Å². The van der Waals surface area contributed by atoms with Crippen LogP contribution in [-0.2, 0) is 45.4 Å². The molecule has 212 valence electrons. The molecule has 0 aliphatic rings. The van der Waals surface area contributed by atoms with Crippen molar-refractivity contribution in [1.29, 1.82) is 0 Å². The largest absolute Gasteiger partial charge is 0.388 e. The van der Waals surface area contributed by atoms with Gasteiger partial charge in [0.1, 0.15) is 30.2 Å². The number of rotatable bonds is 17. The van der Waals surface area contributed by atoms with Crippen molar-refractivity contribution in [3.05, 3.63) is 130 Å². The Morgan fingerprint density at radius 3 is 1.57 bits per heavy atom. The summed E-state index contributed by atoms with van der Waals surface area (Å²) in [5, 5.41) is 24.5. The molecular weight excluding hydrogens is 531 g/mol. The molecule has 0 aliphatic carbocycles. The van der Waals surface area contributed by atoms with Crippen LogP contribution in [0, 0.1) is 5.82 Å². The van der Waals surface area contributed by atoms with Gasteiger partial charge in [0.25, 0.3) is 0 Å². The lowest BCUT2D eigenvalue weighted by atomic mass is 10.0. The van der Waals surface area contributed by atoms with Gasteiger partial charge in [-0.05, 0) is 40.3 Å². The third kappa shape index (κ3) is 9.91. The van der Waals surface area contributed by atoms with Gasteiger partial charge in [0, 0.05) is 4.88 Å². The maximum Gasteiger partial charge on any atom is 0.123 e. The third-order valence-electron chi connectivity index (χ3n) is 6.30. The highest BCUT2D eigenvalue weighted by Crippen LogP contribution is 2.18. The highest BCUT2D eigenvalue weighted by atomic mass is 32.1. The lowest BCUT2D eigenvalue weighted by molar-refractivity contribution is -0.169. The minimum absolute atomic E-state index is 0.0246. The van der Waals surface area contributed by atoms with E-state index in [4.69, 9.17) is 18.9 Å². The number of halogens is 1. The monoisotopic (exact) mass is 566 g/mol. The van der Waals surface area contributed by atoms with Crippen LogP contribution < -0.4 is 0 Å². The van der Waals surface area contributed by atoms with E-state index in [1.165, 1.54) is 12.1 Å². The summed E-state index contributed by atoms with van der Waals surface area (Å²) >= 11 is 1.55. The summed E-state index contributed by atoms with van der Waals surface area (Å²) in [4.78, 5) is 0.991. The number of ether oxygens (including phenoxy) is 4. The number of aliphatic hydroxyl groups is 2. The van der Waals surface area contributed by atoms with E-state index >= 15 is 0 Å². The molecule has 8 heteroatoms. The summed E-state index contributed by atoms with van der Waals surface area (Å²) in [7, 11) is 0. The van der Waals surface area contributed by atoms with Crippen LogP contribution in [0.4, 0.5) is 4.39 Å². The fourth-order valence-electron chi connectivity index (χ4n) is 4.03. The van der Waals surface area contributed by atoms with Gasteiger partial charge < -0.3 is 29.2 Å². The van der Waals surface area contributed by atoms with Crippen molar-refractivity contribution in [3.63, 3.8) is 0 Å². The summed E-state index contributed by atoms with van der Waals surface area (Å²) < 4.78 is 37.2. The fraction of sp³-hybridized carbons (Fsp3) is 0.312. The number of hydrogen-bond donors (Lipinski definition) is 2. The Bertz CT molecular complexity index is 1210. The van der Waals surface area contributed by atoms with E-state index in [-0.39, 0.29) is 32.2 Å². The lowest BCUT2D eigenvalue weighted by Gasteiger charge is -2.31. The standard InChI is InChI=1S/C32H35FO6S/c33-27-15-13-26(14-16-27)20-38-29(22-36-18-24-8-3-1-4-9-24)31(34)32(35)30(39-21-28-12-7-17-40-28)23-37-19-25-10-5-2-6-11-25/h1-17,29-32,34-35H,18-23H2/t29-,30-,31-,32-/m1/s1. The molecule has 3 aromatic carbocycles. The fourth-order valence-corrected chi connectivity index (χ4v) is 4.66. The van der Waals surface area contributed by atoms with Gasteiger partial charge in [-0.1, -0.05) is 78.9 Å². The second kappa shape index (κ2) is 16.3. The van der Waals surface area contributed by atoms with Crippen LogP contribution in [0.3, 0.4) is 0 Å². The molecule has 6 nitrogen and oxygen atoms in total. The molecule has 1 heterocycles. The van der Waals surface area contributed by atoms with Crippen molar-refractivity contribution in [2.24, 2.45) is 0 Å². The molecule has 0 aliphatic heterocycles. The molecule has 0 saturated heterocycles. The van der Waals surface area contributed by atoms with Crippen LogP contribution in [0.5, 0.6) is 0 Å². The molecule has 4 atom stereocenters. The highest BCUT2D eigenvalue weighted by molar-refractivity contribution is 7.09. The molecule has 0 amide bonds. The topological polar surface area (TPSA) is 77.4 Å². The van der Waals surface area contributed by atoms with Gasteiger partial charge in [-0.25, -0.2) is 4.39 Å². The summed E-state index contributed by atoms with van der Waals surface area (Å²) in [5.41, 5.74) is 2.69. The lowest BCUT2D eigenvalue weighted by Crippen LogP contribution is -2.49. The van der Waals surface area contributed by atoms with Crippen LogP contribution in [0.25, 0.3) is 0 Å². The zero-order valence-corrected chi connectivity index (χ0v) is 23.0. The quantitative estimate of drug-likeness (QED) is 0.176. The molecule has 1 aromatic heterocycles. The highest BCUT2D eigenvalue weighted by Gasteiger charge is 2.34. The third-order valence-corrected chi connectivity index (χ3v) is 7.15. The summed E-state index contributed by atoms with van der Waals surface area (Å²) in [5.74, 6) is -0.344. The van der Waals surface area contributed by atoms with Gasteiger partial charge in [-0.3, -0.25) is 0 Å². The molecule has 4 aromatic rings. The van der Waals surface area contributed by atoms with Crippen molar-refractivity contribution in [2.75, 3.05) is 13.2 Å². The first-order valence-corrected chi connectivity index (χ1v) is 14.1. The summed E-state index contributed by atoms with van der Waals surface area (Å²) in [6.07, 6.45) is -4.38. The molecule has 40 heavy (non-hydrogen) atoms. The van der Waals surface area contributed by atoms with Crippen molar-refractivity contribution in [3.8, 4) is 0 Å². The minimum atomic E-state index is -1.34. The number of thiophene rings is 1. The average Bonchev–Trinajstić information content (AvgIpc) is 3.52. The molecule has 2 N–H and O–H groups in total. The Labute approximate surface area is 238 Å². The Morgan fingerprint density at radius 1 is 0.575 bits per heavy atom. The van der Waals surface area contributed by atoms with Crippen molar-refractivity contribution in [1.82, 2.24) is 0 Å². The van der Waals surface area contributed by atoms with Gasteiger partial charge in [-0.15, -0.1) is 11.3 Å². The van der Waals surface area contributed by atoms with E-state index in [0.29, 0.717) is 13.2 Å². The Kier molecular flexibility index (Phi) is 12.3. The Hall–Kier alpha value is -2.95. The maximum absolute atomic E-state index is 13.4. The smallest absolute Gasteiger partial charge is 0.123 e. The van der Waals surface area contributed by atoms with E-state index in [1.54, 1.807) is 23.5 Å². The molecule has 0 fully saturated rings. The van der Waals surface area contributed by atoms with Crippen molar-refractivity contribution >= 4 is 11.3 Å². The molecule has 4 rings (SSSR count). The Morgan fingerprint density at radius 2 is 1.07 bits per heavy atom. The van der Waals surface area contributed by atoms with Gasteiger partial charge in [0.15, 0.2) is 0 Å². The van der Waals surface area contributed by atoms with Gasteiger partial charge >= 0.3 is 0 Å². The Balaban J connectivity index is 1.42. The van der Waals surface area contributed by atoms with Crippen LogP contribution in [0.2, 0.25) is 0 Å². The van der Waals surface area contributed by atoms with Gasteiger partial charge in [0.2, 0.25) is 0 Å². The first-order chi connectivity index (χ1) is 19.6. The second-order valence-electron chi connectivity index (χ2n) is 9.39. The van der Waals surface area contributed by atoms with E-state index < -0.39 is 24.4 Å². The second-order valence-corrected chi connectivity index (χ2v) is 10.4. The van der Waals surface area contributed by atoms with Crippen LogP contribution in [0.1, 0.15) is 21.6 Å². The maximum atomic E-state index is 13.4. The number of hydrogen-bond acceptors (Lipinski definition) is 7. The normalized spacial score (nSPS) is 14.5. The van der Waals surface area contributed by atoms with Crippen molar-refractivity contribution < 1.29 is 33.6 Å². The SMILES string of the molecule is O[C@@H]([C@H](O)[C@@H](COCc1ccccc1)OCc1cccs1)[C@@H](COCc1ccccc1)OCc1ccc(F)cc1. The first-order valence-electron chi connectivity index (χ1n) is 13.2.